The number of carbonyl (C=O) groups is 1. The maximum Gasteiger partial charge on any atom is 0.287 e. The summed E-state index contributed by atoms with van der Waals surface area (Å²) in [6.45, 7) is 0.349. The number of rotatable bonds is 5. The first-order chi connectivity index (χ1) is 9.36. The van der Waals surface area contributed by atoms with Crippen molar-refractivity contribution in [1.82, 2.24) is 5.32 Å². The molecule has 2 aromatic rings. The zero-order valence-electron chi connectivity index (χ0n) is 10.1. The Morgan fingerprint density at radius 1 is 1.35 bits per heavy atom. The van der Waals surface area contributed by atoms with Gasteiger partial charge >= 0.3 is 0 Å². The van der Waals surface area contributed by atoms with E-state index in [2.05, 4.69) is 5.32 Å². The minimum absolute atomic E-state index is 0.108. The first-order valence-electron chi connectivity index (χ1n) is 5.51. The van der Waals surface area contributed by atoms with Crippen LogP contribution in [0.4, 0.5) is 0 Å². The summed E-state index contributed by atoms with van der Waals surface area (Å²) in [5.74, 6) is -0.244. The molecule has 0 radical (unpaired) electrons. The van der Waals surface area contributed by atoms with Crippen LogP contribution in [-0.2, 0) is 16.4 Å². The molecule has 108 valence electrons. The molecular weight excluding hydrogens is 324 g/mol. The van der Waals surface area contributed by atoms with Crippen molar-refractivity contribution in [3.63, 3.8) is 0 Å². The van der Waals surface area contributed by atoms with E-state index in [0.717, 1.165) is 16.2 Å². The van der Waals surface area contributed by atoms with Crippen molar-refractivity contribution in [3.05, 3.63) is 40.1 Å². The Bertz CT molecular complexity index is 720. The molecule has 6 nitrogen and oxygen atoms in total. The van der Waals surface area contributed by atoms with Gasteiger partial charge in [0.05, 0.1) is 0 Å². The van der Waals surface area contributed by atoms with Gasteiger partial charge in [-0.05, 0) is 42.3 Å². The third-order valence-electron chi connectivity index (χ3n) is 2.37. The van der Waals surface area contributed by atoms with Crippen molar-refractivity contribution in [2.24, 2.45) is 5.14 Å². The molecule has 0 bridgehead atoms. The average Bonchev–Trinajstić information content (AvgIpc) is 2.97. The zero-order valence-corrected chi connectivity index (χ0v) is 12.5. The van der Waals surface area contributed by atoms with Crippen LogP contribution in [0.5, 0.6) is 0 Å². The molecule has 1 amide bonds. The summed E-state index contributed by atoms with van der Waals surface area (Å²) >= 11 is 6.65. The van der Waals surface area contributed by atoms with Crippen LogP contribution in [0.15, 0.2) is 32.9 Å². The monoisotopic (exact) mass is 334 g/mol. The number of carbonyl (C=O) groups excluding carboxylic acids is 1. The number of hydrogen-bond acceptors (Lipinski definition) is 5. The summed E-state index contributed by atoms with van der Waals surface area (Å²) < 4.78 is 27.3. The van der Waals surface area contributed by atoms with Gasteiger partial charge in [-0.2, -0.15) is 0 Å². The lowest BCUT2D eigenvalue weighted by atomic mass is 10.3. The summed E-state index contributed by atoms with van der Waals surface area (Å²) in [5, 5.41) is 7.80. The van der Waals surface area contributed by atoms with Gasteiger partial charge < -0.3 is 9.73 Å². The lowest BCUT2D eigenvalue weighted by molar-refractivity contribution is 0.0926. The third kappa shape index (κ3) is 3.83. The van der Waals surface area contributed by atoms with Gasteiger partial charge in [0.15, 0.2) is 11.0 Å². The summed E-state index contributed by atoms with van der Waals surface area (Å²) in [6, 6.07) is 6.07. The van der Waals surface area contributed by atoms with Crippen LogP contribution in [0.1, 0.15) is 15.4 Å². The average molecular weight is 335 g/mol. The maximum atomic E-state index is 11.6. The van der Waals surface area contributed by atoms with Gasteiger partial charge in [0.1, 0.15) is 4.21 Å². The van der Waals surface area contributed by atoms with Gasteiger partial charge in [0.2, 0.25) is 10.0 Å². The summed E-state index contributed by atoms with van der Waals surface area (Å²) in [7, 11) is -3.66. The van der Waals surface area contributed by atoms with Gasteiger partial charge in [-0.15, -0.1) is 11.3 Å². The quantitative estimate of drug-likeness (QED) is 0.867. The number of sulfonamides is 1. The Hall–Kier alpha value is -1.35. The van der Waals surface area contributed by atoms with Crippen LogP contribution in [0.3, 0.4) is 0 Å². The van der Waals surface area contributed by atoms with E-state index in [1.807, 2.05) is 0 Å². The van der Waals surface area contributed by atoms with Gasteiger partial charge in [-0.3, -0.25) is 4.79 Å². The molecule has 2 heterocycles. The second-order valence-corrected chi connectivity index (χ2v) is 7.20. The SMILES string of the molecule is NS(=O)(=O)c1ccc(CCNC(=O)c2ccc(Cl)o2)s1. The highest BCUT2D eigenvalue weighted by Crippen LogP contribution is 2.20. The van der Waals surface area contributed by atoms with E-state index in [4.69, 9.17) is 21.2 Å². The molecule has 0 unspecified atom stereocenters. The Morgan fingerprint density at radius 3 is 2.65 bits per heavy atom. The molecule has 2 rings (SSSR count). The van der Waals surface area contributed by atoms with Crippen LogP contribution < -0.4 is 10.5 Å². The lowest BCUT2D eigenvalue weighted by Crippen LogP contribution is -2.25. The molecule has 0 saturated carbocycles. The normalized spacial score (nSPS) is 11.5. The highest BCUT2D eigenvalue weighted by atomic mass is 35.5. The molecule has 0 spiro atoms. The molecule has 0 fully saturated rings. The topological polar surface area (TPSA) is 102 Å². The number of halogens is 1. The molecule has 20 heavy (non-hydrogen) atoms. The molecular formula is C11H11ClN2O4S2. The molecule has 0 aliphatic carbocycles. The molecule has 3 N–H and O–H groups in total. The van der Waals surface area contributed by atoms with E-state index in [1.54, 1.807) is 6.07 Å². The number of furan rings is 1. The molecule has 9 heteroatoms. The van der Waals surface area contributed by atoms with E-state index in [0.29, 0.717) is 13.0 Å². The summed E-state index contributed by atoms with van der Waals surface area (Å²) in [6.07, 6.45) is 0.500. The smallest absolute Gasteiger partial charge is 0.287 e. The van der Waals surface area contributed by atoms with Gasteiger partial charge in [0, 0.05) is 11.4 Å². The van der Waals surface area contributed by atoms with E-state index in [-0.39, 0.29) is 21.1 Å². The molecule has 0 atom stereocenters. The Labute approximate surface area is 124 Å². The number of amides is 1. The summed E-state index contributed by atoms with van der Waals surface area (Å²) in [5.41, 5.74) is 0. The third-order valence-corrected chi connectivity index (χ3v) is 5.16. The van der Waals surface area contributed by atoms with Gasteiger partial charge in [-0.1, -0.05) is 0 Å². The van der Waals surface area contributed by atoms with Crippen LogP contribution in [-0.4, -0.2) is 20.9 Å². The number of nitrogens with one attached hydrogen (secondary N) is 1. The fraction of sp³-hybridized carbons (Fsp3) is 0.182. The first kappa shape index (κ1) is 15.0. The molecule has 0 aliphatic rings. The van der Waals surface area contributed by atoms with Crippen LogP contribution >= 0.6 is 22.9 Å². The van der Waals surface area contributed by atoms with Crippen LogP contribution in [0.25, 0.3) is 0 Å². The fourth-order valence-electron chi connectivity index (χ4n) is 1.47. The van der Waals surface area contributed by atoms with Crippen molar-refractivity contribution >= 4 is 38.9 Å². The fourth-order valence-corrected chi connectivity index (χ4v) is 3.39. The Balaban J connectivity index is 1.87. The largest absolute Gasteiger partial charge is 0.440 e. The van der Waals surface area contributed by atoms with Gasteiger partial charge in [-0.25, -0.2) is 13.6 Å². The minimum atomic E-state index is -3.66. The van der Waals surface area contributed by atoms with Crippen molar-refractivity contribution < 1.29 is 17.6 Å². The molecule has 2 aromatic heterocycles. The number of thiophene rings is 1. The van der Waals surface area contributed by atoms with Crippen molar-refractivity contribution in [1.29, 1.82) is 0 Å². The Morgan fingerprint density at radius 2 is 2.10 bits per heavy atom. The second-order valence-electron chi connectivity index (χ2n) is 3.88. The highest BCUT2D eigenvalue weighted by Gasteiger charge is 2.12. The summed E-state index contributed by atoms with van der Waals surface area (Å²) in [4.78, 5) is 12.4. The Kier molecular flexibility index (Phi) is 4.48. The molecule has 0 saturated heterocycles. The van der Waals surface area contributed by atoms with Crippen molar-refractivity contribution in [3.8, 4) is 0 Å². The van der Waals surface area contributed by atoms with E-state index in [1.165, 1.54) is 18.2 Å². The van der Waals surface area contributed by atoms with E-state index >= 15 is 0 Å². The maximum absolute atomic E-state index is 11.6. The lowest BCUT2D eigenvalue weighted by Gasteiger charge is -2.01. The number of nitrogens with two attached hydrogens (primary N) is 1. The second kappa shape index (κ2) is 5.96. The van der Waals surface area contributed by atoms with E-state index < -0.39 is 10.0 Å². The standard InChI is InChI=1S/C11H11ClN2O4S2/c12-9-3-2-8(18-9)11(15)14-6-5-7-1-4-10(19-7)20(13,16)17/h1-4H,5-6H2,(H,14,15)(H2,13,16,17). The molecule has 0 aliphatic heterocycles. The molecule has 0 aromatic carbocycles. The first-order valence-corrected chi connectivity index (χ1v) is 8.25. The number of primary sulfonamides is 1. The zero-order chi connectivity index (χ0) is 14.8. The van der Waals surface area contributed by atoms with Crippen LogP contribution in [0, 0.1) is 0 Å². The van der Waals surface area contributed by atoms with Gasteiger partial charge in [0.25, 0.3) is 5.91 Å². The minimum Gasteiger partial charge on any atom is -0.440 e. The van der Waals surface area contributed by atoms with E-state index in [9.17, 15) is 13.2 Å². The predicted molar refractivity (Wildman–Crippen MR) is 75.4 cm³/mol. The number of hydrogen-bond donors (Lipinski definition) is 2. The predicted octanol–water partition coefficient (Wildman–Crippen LogP) is 1.61. The van der Waals surface area contributed by atoms with Crippen molar-refractivity contribution in [2.45, 2.75) is 10.6 Å². The van der Waals surface area contributed by atoms with Crippen LogP contribution in [0.2, 0.25) is 5.22 Å². The van der Waals surface area contributed by atoms with Crippen molar-refractivity contribution in [2.75, 3.05) is 6.54 Å². The highest BCUT2D eigenvalue weighted by molar-refractivity contribution is 7.91.